The lowest BCUT2D eigenvalue weighted by Gasteiger charge is -2.35. The number of halogens is 4. The van der Waals surface area contributed by atoms with Gasteiger partial charge in [-0.1, -0.05) is 36.4 Å². The highest BCUT2D eigenvalue weighted by Crippen LogP contribution is 2.31. The number of carbonyl (C=O) groups is 2. The molecule has 6 rings (SSSR count). The second-order valence-electron chi connectivity index (χ2n) is 13.6. The molecule has 0 aliphatic carbocycles. The highest BCUT2D eigenvalue weighted by atomic mass is 79.9. The number of benzene rings is 3. The zero-order valence-electron chi connectivity index (χ0n) is 29.3. The Labute approximate surface area is 314 Å². The summed E-state index contributed by atoms with van der Waals surface area (Å²) >= 11 is 0. The van der Waals surface area contributed by atoms with Gasteiger partial charge in [-0.3, -0.25) is 19.1 Å². The fourth-order valence-corrected chi connectivity index (χ4v) is 6.70. The minimum absolute atomic E-state index is 0. The number of rotatable bonds is 9. The van der Waals surface area contributed by atoms with Crippen LogP contribution >= 0.6 is 0 Å². The largest absolute Gasteiger partial charge is 1.00 e. The van der Waals surface area contributed by atoms with Gasteiger partial charge < -0.3 is 31.7 Å². The van der Waals surface area contributed by atoms with Crippen LogP contribution in [-0.4, -0.2) is 80.1 Å². The normalized spacial score (nSPS) is 13.6. The van der Waals surface area contributed by atoms with Gasteiger partial charge in [-0.05, 0) is 61.4 Å². The van der Waals surface area contributed by atoms with Crippen LogP contribution in [0.4, 0.5) is 13.2 Å². The molecule has 0 radical (unpaired) electrons. The molecule has 1 aliphatic heterocycles. The molecule has 53 heavy (non-hydrogen) atoms. The van der Waals surface area contributed by atoms with E-state index >= 15 is 0 Å². The summed E-state index contributed by atoms with van der Waals surface area (Å²) < 4.78 is 45.5. The predicted molar refractivity (Wildman–Crippen MR) is 187 cm³/mol. The number of nitriles is 1. The average molecular weight is 792 g/mol. The summed E-state index contributed by atoms with van der Waals surface area (Å²) in [7, 11) is 5.51. The summed E-state index contributed by atoms with van der Waals surface area (Å²) in [5.41, 5.74) is 0.445. The minimum Gasteiger partial charge on any atom is -1.00 e. The topological polar surface area (TPSA) is 118 Å². The summed E-state index contributed by atoms with van der Waals surface area (Å²) in [6.45, 7) is 1.83. The monoisotopic (exact) mass is 790 g/mol. The fourth-order valence-electron chi connectivity index (χ4n) is 6.70. The molecule has 3 heterocycles. The molecule has 1 N–H and O–H groups in total. The minimum atomic E-state index is -4.66. The number of hydrogen-bond donors (Lipinski definition) is 1. The molecule has 0 spiro atoms. The van der Waals surface area contributed by atoms with E-state index < -0.39 is 23.2 Å². The number of carbonyl (C=O) groups excluding carboxylic acids is 2. The second-order valence-corrected chi connectivity index (χ2v) is 13.6. The molecule has 1 aliphatic rings. The maximum absolute atomic E-state index is 14.2. The van der Waals surface area contributed by atoms with Crippen molar-refractivity contribution in [2.45, 2.75) is 31.6 Å². The van der Waals surface area contributed by atoms with E-state index in [9.17, 15) is 32.8 Å². The van der Waals surface area contributed by atoms with Crippen molar-refractivity contribution in [3.63, 3.8) is 0 Å². The van der Waals surface area contributed by atoms with Gasteiger partial charge in [0.05, 0.1) is 54.6 Å². The number of aromatic nitrogens is 4. The van der Waals surface area contributed by atoms with Crippen molar-refractivity contribution in [1.82, 2.24) is 29.4 Å². The van der Waals surface area contributed by atoms with Crippen molar-refractivity contribution in [2.75, 3.05) is 33.7 Å². The van der Waals surface area contributed by atoms with Crippen molar-refractivity contribution >= 4 is 11.8 Å². The molecular formula is C38H38BrF3N8O3. The Kier molecular flexibility index (Phi) is 11.4. The zero-order valence-corrected chi connectivity index (χ0v) is 30.9. The lowest BCUT2D eigenvalue weighted by molar-refractivity contribution is -0.896. The predicted octanol–water partition coefficient (Wildman–Crippen LogP) is 1.92. The van der Waals surface area contributed by atoms with Crippen LogP contribution in [0.3, 0.4) is 0 Å². The van der Waals surface area contributed by atoms with E-state index in [0.717, 1.165) is 22.4 Å². The molecular weight excluding hydrogens is 753 g/mol. The van der Waals surface area contributed by atoms with Crippen molar-refractivity contribution < 1.29 is 44.2 Å². The standard InChI is InChI=1S/C38H37F3N8O3.BrH/c1-45-35(32-16-19-43-47(32)30-14-12-26(23-42)13-15-30)34(37(52)48(45)31-11-7-10-28(22-31)38(39,40)41)36(51)44-29-17-20-46(21-18-29)33(50)25-49(2,3)24-27-8-5-4-6-9-27;/h4-16,19,22,29H,17-18,20-21,24-25H2,1-3H3;1H. The molecule has 0 bridgehead atoms. The Hall–Kier alpha value is -5.46. The third kappa shape index (κ3) is 8.45. The molecule has 2 amide bonds. The molecule has 1 saturated heterocycles. The maximum atomic E-state index is 14.2. The lowest BCUT2D eigenvalue weighted by Crippen LogP contribution is -3.00. The molecule has 5 aromatic rings. The Bertz CT molecular complexity index is 2190. The van der Waals surface area contributed by atoms with Crippen LogP contribution in [0.1, 0.15) is 39.9 Å². The quantitative estimate of drug-likeness (QED) is 0.229. The zero-order chi connectivity index (χ0) is 37.2. The van der Waals surface area contributed by atoms with Crippen LogP contribution in [0, 0.1) is 11.3 Å². The molecule has 11 nitrogen and oxygen atoms in total. The average Bonchev–Trinajstić information content (AvgIpc) is 3.69. The van der Waals surface area contributed by atoms with Crippen molar-refractivity contribution in [3.05, 3.63) is 124 Å². The van der Waals surface area contributed by atoms with Crippen LogP contribution in [0.5, 0.6) is 0 Å². The molecule has 276 valence electrons. The van der Waals surface area contributed by atoms with E-state index in [1.165, 1.54) is 34.7 Å². The molecule has 1 fully saturated rings. The summed E-state index contributed by atoms with van der Waals surface area (Å²) in [6.07, 6.45) is -2.27. The summed E-state index contributed by atoms with van der Waals surface area (Å²) in [5.74, 6) is -0.685. The van der Waals surface area contributed by atoms with E-state index in [2.05, 4.69) is 16.5 Å². The first-order chi connectivity index (χ1) is 24.8. The van der Waals surface area contributed by atoms with Crippen molar-refractivity contribution in [3.8, 4) is 28.8 Å². The SMILES string of the molecule is Cn1c(-c2ccnn2-c2ccc(C#N)cc2)c(C(=O)NC2CCN(C(=O)C[N+](C)(C)Cc3ccccc3)CC2)c(=O)n1-c1cccc(C(F)(F)F)c1.[Br-]. The highest BCUT2D eigenvalue weighted by molar-refractivity contribution is 6.00. The number of nitrogens with one attached hydrogen (secondary N) is 1. The lowest BCUT2D eigenvalue weighted by atomic mass is 10.0. The number of nitrogens with zero attached hydrogens (tertiary/aromatic N) is 7. The number of amides is 2. The highest BCUT2D eigenvalue weighted by Gasteiger charge is 2.34. The van der Waals surface area contributed by atoms with Crippen LogP contribution in [0.15, 0.2) is 95.9 Å². The first-order valence-corrected chi connectivity index (χ1v) is 16.7. The maximum Gasteiger partial charge on any atom is 0.416 e. The van der Waals surface area contributed by atoms with Gasteiger partial charge in [0, 0.05) is 31.7 Å². The molecule has 0 saturated carbocycles. The first kappa shape index (κ1) is 38.8. The van der Waals surface area contributed by atoms with Gasteiger partial charge in [0.25, 0.3) is 17.4 Å². The number of hydrogen-bond acceptors (Lipinski definition) is 5. The summed E-state index contributed by atoms with van der Waals surface area (Å²) in [6, 6.07) is 24.1. The summed E-state index contributed by atoms with van der Waals surface area (Å²) in [4.78, 5) is 43.4. The smallest absolute Gasteiger partial charge is 0.416 e. The van der Waals surface area contributed by atoms with E-state index in [0.29, 0.717) is 60.4 Å². The summed E-state index contributed by atoms with van der Waals surface area (Å²) in [5, 5.41) is 16.6. The number of alkyl halides is 3. The van der Waals surface area contributed by atoms with Crippen molar-refractivity contribution in [1.29, 1.82) is 5.26 Å². The van der Waals surface area contributed by atoms with Crippen molar-refractivity contribution in [2.24, 2.45) is 7.05 Å². The van der Waals surface area contributed by atoms with Gasteiger partial charge in [-0.15, -0.1) is 0 Å². The number of quaternary nitrogens is 1. The van der Waals surface area contributed by atoms with Crippen LogP contribution in [0.25, 0.3) is 22.8 Å². The Morgan fingerprint density at radius 1 is 0.962 bits per heavy atom. The van der Waals surface area contributed by atoms with E-state index in [1.54, 1.807) is 35.2 Å². The van der Waals surface area contributed by atoms with Gasteiger partial charge in [-0.25, -0.2) is 9.36 Å². The van der Waals surface area contributed by atoms with Crippen LogP contribution in [0.2, 0.25) is 0 Å². The number of likely N-dealkylation sites (N-methyl/N-ethyl adjacent to an activating group) is 1. The Morgan fingerprint density at radius 3 is 2.28 bits per heavy atom. The van der Waals surface area contributed by atoms with Gasteiger partial charge in [0.1, 0.15) is 17.8 Å². The Morgan fingerprint density at radius 2 is 1.64 bits per heavy atom. The van der Waals surface area contributed by atoms with E-state index in [1.807, 2.05) is 44.4 Å². The van der Waals surface area contributed by atoms with Gasteiger partial charge in [0.2, 0.25) is 0 Å². The molecule has 0 atom stereocenters. The first-order valence-electron chi connectivity index (χ1n) is 16.7. The van der Waals surface area contributed by atoms with Gasteiger partial charge >= 0.3 is 6.18 Å². The third-order valence-electron chi connectivity index (χ3n) is 9.24. The molecule has 2 aromatic heterocycles. The van der Waals surface area contributed by atoms with Gasteiger partial charge in [-0.2, -0.15) is 23.5 Å². The second kappa shape index (κ2) is 15.6. The fraction of sp³-hybridized carbons (Fsp3) is 0.289. The number of piperidine rings is 1. The molecule has 0 unspecified atom stereocenters. The van der Waals surface area contributed by atoms with E-state index in [4.69, 9.17) is 0 Å². The van der Waals surface area contributed by atoms with Crippen LogP contribution in [-0.2, 0) is 24.6 Å². The van der Waals surface area contributed by atoms with Gasteiger partial charge in [0.15, 0.2) is 6.54 Å². The number of likely N-dealkylation sites (tertiary alicyclic amines) is 1. The Balaban J connectivity index is 0.00000541. The third-order valence-corrected chi connectivity index (χ3v) is 9.24. The van der Waals surface area contributed by atoms with E-state index in [-0.39, 0.29) is 45.9 Å². The molecule has 3 aromatic carbocycles. The molecule has 15 heteroatoms. The van der Waals surface area contributed by atoms with Crippen LogP contribution < -0.4 is 27.9 Å².